The van der Waals surface area contributed by atoms with Gasteiger partial charge in [-0.2, -0.15) is 0 Å². The van der Waals surface area contributed by atoms with Crippen molar-refractivity contribution in [3.05, 3.63) is 38.9 Å². The Morgan fingerprint density at radius 3 is 2.52 bits per heavy atom. The van der Waals surface area contributed by atoms with E-state index in [0.717, 1.165) is 25.3 Å². The number of rotatable bonds is 3. The van der Waals surface area contributed by atoms with Crippen molar-refractivity contribution in [3.8, 4) is 0 Å². The molecular formula is C15H20N4O2. The normalized spacial score (nSPS) is 17.2. The van der Waals surface area contributed by atoms with Gasteiger partial charge in [0.2, 0.25) is 0 Å². The molecule has 0 radical (unpaired) electrons. The smallest absolute Gasteiger partial charge is 0.314 e. The van der Waals surface area contributed by atoms with Gasteiger partial charge in [-0.25, -0.2) is 0 Å². The highest BCUT2D eigenvalue weighted by Crippen LogP contribution is 2.18. The fourth-order valence-corrected chi connectivity index (χ4v) is 2.75. The van der Waals surface area contributed by atoms with E-state index in [0.29, 0.717) is 17.0 Å². The first-order valence-electron chi connectivity index (χ1n) is 7.30. The average Bonchev–Trinajstić information content (AvgIpc) is 2.48. The number of nitrogens with zero attached hydrogens (tertiary/aromatic N) is 1. The van der Waals surface area contributed by atoms with Gasteiger partial charge in [0.15, 0.2) is 0 Å². The maximum absolute atomic E-state index is 11.4. The zero-order chi connectivity index (χ0) is 14.8. The fraction of sp³-hybridized carbons (Fsp3) is 0.467. The highest BCUT2D eigenvalue weighted by atomic mass is 16.2. The molecule has 1 aliphatic rings. The van der Waals surface area contributed by atoms with Crippen LogP contribution in [0.3, 0.4) is 0 Å². The molecular weight excluding hydrogens is 268 g/mol. The third-order valence-corrected chi connectivity index (χ3v) is 4.16. The molecule has 1 aliphatic heterocycles. The number of aromatic nitrogens is 2. The number of hydrogen-bond donors (Lipinski definition) is 3. The van der Waals surface area contributed by atoms with Crippen LogP contribution in [0.2, 0.25) is 0 Å². The molecule has 0 amide bonds. The van der Waals surface area contributed by atoms with Crippen LogP contribution in [0.4, 0.5) is 5.69 Å². The van der Waals surface area contributed by atoms with Gasteiger partial charge in [0.25, 0.3) is 0 Å². The van der Waals surface area contributed by atoms with Crippen LogP contribution >= 0.6 is 0 Å². The van der Waals surface area contributed by atoms with Crippen LogP contribution in [0.25, 0.3) is 11.0 Å². The predicted molar refractivity (Wildman–Crippen MR) is 83.9 cm³/mol. The Labute approximate surface area is 122 Å². The van der Waals surface area contributed by atoms with Crippen molar-refractivity contribution in [2.75, 3.05) is 32.0 Å². The molecule has 112 valence electrons. The van der Waals surface area contributed by atoms with E-state index in [1.54, 1.807) is 0 Å². The number of piperidine rings is 1. The number of fused-ring (bicyclic) bond motifs is 1. The van der Waals surface area contributed by atoms with Crippen molar-refractivity contribution < 1.29 is 0 Å². The maximum atomic E-state index is 11.4. The van der Waals surface area contributed by atoms with E-state index in [2.05, 4.69) is 27.2 Å². The van der Waals surface area contributed by atoms with Gasteiger partial charge in [-0.1, -0.05) is 0 Å². The van der Waals surface area contributed by atoms with Crippen molar-refractivity contribution in [3.63, 3.8) is 0 Å². The van der Waals surface area contributed by atoms with E-state index >= 15 is 0 Å². The van der Waals surface area contributed by atoms with E-state index < -0.39 is 11.1 Å². The van der Waals surface area contributed by atoms with E-state index in [4.69, 9.17) is 0 Å². The minimum absolute atomic E-state index is 0.616. The number of hydrogen-bond acceptors (Lipinski definition) is 4. The van der Waals surface area contributed by atoms with Crippen LogP contribution in [-0.2, 0) is 0 Å². The van der Waals surface area contributed by atoms with Gasteiger partial charge in [0.05, 0.1) is 11.0 Å². The summed E-state index contributed by atoms with van der Waals surface area (Å²) in [6, 6.07) is 5.59. The van der Waals surface area contributed by atoms with Gasteiger partial charge in [-0.05, 0) is 57.1 Å². The minimum Gasteiger partial charge on any atom is -0.385 e. The Hall–Kier alpha value is -2.08. The monoisotopic (exact) mass is 288 g/mol. The summed E-state index contributed by atoms with van der Waals surface area (Å²) >= 11 is 0. The third kappa shape index (κ3) is 3.16. The molecule has 21 heavy (non-hydrogen) atoms. The third-order valence-electron chi connectivity index (χ3n) is 4.16. The Kier molecular flexibility index (Phi) is 3.79. The molecule has 6 heteroatoms. The lowest BCUT2D eigenvalue weighted by Crippen LogP contribution is -2.33. The predicted octanol–water partition coefficient (Wildman–Crippen LogP) is 0.970. The molecule has 2 heterocycles. The quantitative estimate of drug-likeness (QED) is 0.735. The molecule has 0 bridgehead atoms. The molecule has 6 nitrogen and oxygen atoms in total. The molecule has 3 N–H and O–H groups in total. The van der Waals surface area contributed by atoms with Gasteiger partial charge in [-0.3, -0.25) is 9.59 Å². The molecule has 1 fully saturated rings. The largest absolute Gasteiger partial charge is 0.385 e. The molecule has 0 unspecified atom stereocenters. The van der Waals surface area contributed by atoms with Gasteiger partial charge in [-0.15, -0.1) is 0 Å². The van der Waals surface area contributed by atoms with Crippen molar-refractivity contribution in [1.29, 1.82) is 0 Å². The minimum atomic E-state index is -0.616. The lowest BCUT2D eigenvalue weighted by molar-refractivity contribution is 0.226. The Bertz CT molecular complexity index is 741. The SMILES string of the molecule is CN1CCC(CNc2ccc3[nH]c(=O)c(=O)[nH]c3c2)CC1. The summed E-state index contributed by atoms with van der Waals surface area (Å²) in [6.45, 7) is 3.24. The molecule has 1 aromatic carbocycles. The zero-order valence-corrected chi connectivity index (χ0v) is 12.1. The summed E-state index contributed by atoms with van der Waals surface area (Å²) in [5.41, 5.74) is 1.02. The van der Waals surface area contributed by atoms with E-state index in [1.165, 1.54) is 12.8 Å². The second kappa shape index (κ2) is 5.73. The van der Waals surface area contributed by atoms with Crippen molar-refractivity contribution in [2.45, 2.75) is 12.8 Å². The first-order chi connectivity index (χ1) is 10.1. The summed E-state index contributed by atoms with van der Waals surface area (Å²) in [5.74, 6) is 0.687. The Balaban J connectivity index is 1.71. The van der Waals surface area contributed by atoms with Crippen molar-refractivity contribution in [1.82, 2.24) is 14.9 Å². The number of anilines is 1. The molecule has 0 spiro atoms. The van der Waals surface area contributed by atoms with Crippen LogP contribution in [0.1, 0.15) is 12.8 Å². The molecule has 0 aliphatic carbocycles. The number of likely N-dealkylation sites (tertiary alicyclic amines) is 1. The average molecular weight is 288 g/mol. The van der Waals surface area contributed by atoms with Crippen LogP contribution in [0, 0.1) is 5.92 Å². The number of nitrogens with one attached hydrogen (secondary N) is 3. The summed E-state index contributed by atoms with van der Waals surface area (Å²) < 4.78 is 0. The van der Waals surface area contributed by atoms with Crippen LogP contribution in [-0.4, -0.2) is 41.5 Å². The van der Waals surface area contributed by atoms with Crippen molar-refractivity contribution in [2.24, 2.45) is 5.92 Å². The number of aromatic amines is 2. The maximum Gasteiger partial charge on any atom is 0.314 e. The summed E-state index contributed by atoms with van der Waals surface area (Å²) in [6.07, 6.45) is 2.42. The highest BCUT2D eigenvalue weighted by molar-refractivity contribution is 5.78. The van der Waals surface area contributed by atoms with Gasteiger partial charge >= 0.3 is 11.1 Å². The van der Waals surface area contributed by atoms with Gasteiger partial charge < -0.3 is 20.2 Å². The second-order valence-electron chi connectivity index (χ2n) is 5.80. The molecule has 3 rings (SSSR count). The van der Waals surface area contributed by atoms with E-state index in [-0.39, 0.29) is 0 Å². The molecule has 1 aromatic heterocycles. The molecule has 2 aromatic rings. The first-order valence-corrected chi connectivity index (χ1v) is 7.30. The lowest BCUT2D eigenvalue weighted by Gasteiger charge is -2.29. The highest BCUT2D eigenvalue weighted by Gasteiger charge is 2.16. The Morgan fingerprint density at radius 1 is 1.14 bits per heavy atom. The lowest BCUT2D eigenvalue weighted by atomic mass is 9.97. The molecule has 0 saturated carbocycles. The molecule has 0 atom stereocenters. The summed E-state index contributed by atoms with van der Waals surface area (Å²) in [4.78, 5) is 30.1. The summed E-state index contributed by atoms with van der Waals surface area (Å²) in [7, 11) is 2.16. The molecule has 1 saturated heterocycles. The zero-order valence-electron chi connectivity index (χ0n) is 12.1. The van der Waals surface area contributed by atoms with Gasteiger partial charge in [0, 0.05) is 12.2 Å². The van der Waals surface area contributed by atoms with Gasteiger partial charge in [0.1, 0.15) is 0 Å². The van der Waals surface area contributed by atoms with E-state index in [9.17, 15) is 9.59 Å². The Morgan fingerprint density at radius 2 is 1.81 bits per heavy atom. The fourth-order valence-electron chi connectivity index (χ4n) is 2.75. The van der Waals surface area contributed by atoms with E-state index in [1.807, 2.05) is 18.2 Å². The van der Waals surface area contributed by atoms with Crippen molar-refractivity contribution >= 4 is 16.7 Å². The number of benzene rings is 1. The number of H-pyrrole nitrogens is 2. The summed E-state index contributed by atoms with van der Waals surface area (Å²) in [5, 5.41) is 3.42. The second-order valence-corrected chi connectivity index (χ2v) is 5.80. The van der Waals surface area contributed by atoms with Crippen LogP contribution < -0.4 is 16.4 Å². The standard InChI is InChI=1S/C15H20N4O2/c1-19-6-4-10(5-7-19)9-16-11-2-3-12-13(8-11)18-15(21)14(20)17-12/h2-3,8,10,16H,4-7,9H2,1H3,(H,17,20)(H,18,21). The van der Waals surface area contributed by atoms with Crippen LogP contribution in [0.15, 0.2) is 27.8 Å². The topological polar surface area (TPSA) is 81.0 Å². The van der Waals surface area contributed by atoms with Crippen LogP contribution in [0.5, 0.6) is 0 Å². The first kappa shape index (κ1) is 13.9.